The van der Waals surface area contributed by atoms with E-state index in [-0.39, 0.29) is 0 Å². The lowest BCUT2D eigenvalue weighted by atomic mass is 9.89. The highest BCUT2D eigenvalue weighted by Gasteiger charge is 2.31. The van der Waals surface area contributed by atoms with Gasteiger partial charge in [0.15, 0.2) is 0 Å². The van der Waals surface area contributed by atoms with Crippen molar-refractivity contribution in [1.82, 2.24) is 19.9 Å². The molecule has 6 heteroatoms. The van der Waals surface area contributed by atoms with Crippen molar-refractivity contribution in [1.29, 1.82) is 0 Å². The van der Waals surface area contributed by atoms with Crippen LogP contribution in [0.4, 0.5) is 5.69 Å². The van der Waals surface area contributed by atoms with Crippen molar-refractivity contribution in [2.24, 2.45) is 0 Å². The Morgan fingerprint density at radius 1 is 0.871 bits per heavy atom. The summed E-state index contributed by atoms with van der Waals surface area (Å²) in [4.78, 5) is 5.15. The zero-order valence-electron chi connectivity index (χ0n) is 18.2. The normalized spacial score (nSPS) is 22.4. The molecule has 2 fully saturated rings. The lowest BCUT2D eigenvalue weighted by molar-refractivity contribution is 0.121. The van der Waals surface area contributed by atoms with Gasteiger partial charge in [-0.1, -0.05) is 47.7 Å². The zero-order valence-corrected chi connectivity index (χ0v) is 18.2. The van der Waals surface area contributed by atoms with Gasteiger partial charge in [-0.25, -0.2) is 4.68 Å². The maximum atomic E-state index is 5.57. The predicted molar refractivity (Wildman–Crippen MR) is 124 cm³/mol. The van der Waals surface area contributed by atoms with Crippen molar-refractivity contribution in [2.75, 3.05) is 38.2 Å². The van der Waals surface area contributed by atoms with E-state index in [1.165, 1.54) is 24.9 Å². The second-order valence-electron chi connectivity index (χ2n) is 8.62. The third kappa shape index (κ3) is 4.30. The molecular formula is C25H31N5O. The summed E-state index contributed by atoms with van der Waals surface area (Å²) >= 11 is 0. The Hall–Kier alpha value is -2.86. The first-order valence-electron chi connectivity index (χ1n) is 11.4. The maximum Gasteiger partial charge on any atom is 0.142 e. The molecule has 31 heavy (non-hydrogen) atoms. The molecule has 6 nitrogen and oxygen atoms in total. The Kier molecular flexibility index (Phi) is 5.89. The summed E-state index contributed by atoms with van der Waals surface area (Å²) in [6, 6.07) is 19.7. The first-order chi connectivity index (χ1) is 15.3. The van der Waals surface area contributed by atoms with Gasteiger partial charge in [-0.3, -0.25) is 4.90 Å². The van der Waals surface area contributed by atoms with Crippen LogP contribution in [0.1, 0.15) is 31.7 Å². The molecule has 2 aromatic carbocycles. The van der Waals surface area contributed by atoms with Crippen LogP contribution in [0.3, 0.4) is 0 Å². The average molecular weight is 418 g/mol. The van der Waals surface area contributed by atoms with E-state index in [4.69, 9.17) is 4.74 Å². The van der Waals surface area contributed by atoms with Crippen LogP contribution in [-0.2, 0) is 0 Å². The molecule has 1 aliphatic carbocycles. The van der Waals surface area contributed by atoms with Crippen LogP contribution < -0.4 is 9.64 Å². The number of hydrogen-bond acceptors (Lipinski definition) is 5. The molecule has 0 unspecified atom stereocenters. The number of piperazine rings is 1. The summed E-state index contributed by atoms with van der Waals surface area (Å²) in [6.45, 7) is 4.29. The van der Waals surface area contributed by atoms with Crippen LogP contribution in [0.5, 0.6) is 5.75 Å². The molecule has 3 aromatic rings. The molecule has 0 bridgehead atoms. The van der Waals surface area contributed by atoms with Crippen molar-refractivity contribution >= 4 is 5.69 Å². The predicted octanol–water partition coefficient (Wildman–Crippen LogP) is 4.26. The van der Waals surface area contributed by atoms with E-state index in [1.54, 1.807) is 7.11 Å². The first-order valence-corrected chi connectivity index (χ1v) is 11.4. The van der Waals surface area contributed by atoms with E-state index < -0.39 is 0 Å². The van der Waals surface area contributed by atoms with Gasteiger partial charge in [0.2, 0.25) is 0 Å². The van der Waals surface area contributed by atoms with Gasteiger partial charge in [0.1, 0.15) is 11.4 Å². The smallest absolute Gasteiger partial charge is 0.142 e. The van der Waals surface area contributed by atoms with Crippen molar-refractivity contribution in [3.8, 4) is 17.0 Å². The number of benzene rings is 2. The quantitative estimate of drug-likeness (QED) is 0.621. The summed E-state index contributed by atoms with van der Waals surface area (Å²) < 4.78 is 7.68. The monoisotopic (exact) mass is 417 g/mol. The second-order valence-corrected chi connectivity index (χ2v) is 8.62. The van der Waals surface area contributed by atoms with Gasteiger partial charge in [0.05, 0.1) is 25.0 Å². The van der Waals surface area contributed by atoms with Crippen molar-refractivity contribution in [3.05, 3.63) is 60.8 Å². The number of hydrogen-bond donors (Lipinski definition) is 0. The molecule has 2 heterocycles. The lowest BCUT2D eigenvalue weighted by Gasteiger charge is -2.43. The van der Waals surface area contributed by atoms with E-state index in [9.17, 15) is 0 Å². The average Bonchev–Trinajstić information content (AvgIpc) is 3.35. The summed E-state index contributed by atoms with van der Waals surface area (Å²) in [6.07, 6.45) is 7.01. The molecular weight excluding hydrogens is 386 g/mol. The Bertz CT molecular complexity index is 980. The fourth-order valence-electron chi connectivity index (χ4n) is 5.13. The molecule has 0 N–H and O–H groups in total. The molecule has 2 atom stereocenters. The minimum Gasteiger partial charge on any atom is -0.495 e. The van der Waals surface area contributed by atoms with Gasteiger partial charge in [-0.15, -0.1) is 5.10 Å². The molecule has 1 saturated heterocycles. The van der Waals surface area contributed by atoms with Crippen molar-refractivity contribution in [2.45, 2.75) is 37.8 Å². The fraction of sp³-hybridized carbons (Fsp3) is 0.440. The van der Waals surface area contributed by atoms with Crippen LogP contribution >= 0.6 is 0 Å². The molecule has 5 rings (SSSR count). The molecule has 0 radical (unpaired) electrons. The van der Waals surface area contributed by atoms with Crippen LogP contribution in [-0.4, -0.2) is 59.2 Å². The van der Waals surface area contributed by atoms with Gasteiger partial charge >= 0.3 is 0 Å². The standard InChI is InChI=1S/C25H31N5O/c1-31-25-13-6-5-12-24(25)29-16-14-28(15-17-29)21-10-7-11-22(18-21)30-19-23(26-27-30)20-8-3-2-4-9-20/h2-6,8-9,12-13,19,21-22H,7,10-11,14-18H2,1H3/t21-,22+/m0/s1. The Morgan fingerprint density at radius 2 is 1.61 bits per heavy atom. The number of para-hydroxylation sites is 2. The summed E-state index contributed by atoms with van der Waals surface area (Å²) in [7, 11) is 1.75. The highest BCUT2D eigenvalue weighted by Crippen LogP contribution is 2.33. The van der Waals surface area contributed by atoms with Gasteiger partial charge in [0, 0.05) is 37.8 Å². The highest BCUT2D eigenvalue weighted by atomic mass is 16.5. The molecule has 1 aromatic heterocycles. The molecule has 162 valence electrons. The second kappa shape index (κ2) is 9.10. The minimum absolute atomic E-state index is 0.441. The van der Waals surface area contributed by atoms with Crippen molar-refractivity contribution in [3.63, 3.8) is 0 Å². The van der Waals surface area contributed by atoms with E-state index in [2.05, 4.69) is 73.5 Å². The third-order valence-electron chi connectivity index (χ3n) is 6.83. The topological polar surface area (TPSA) is 46.4 Å². The Morgan fingerprint density at radius 3 is 2.42 bits per heavy atom. The van der Waals surface area contributed by atoms with Crippen LogP contribution in [0, 0.1) is 0 Å². The van der Waals surface area contributed by atoms with Gasteiger partial charge < -0.3 is 9.64 Å². The van der Waals surface area contributed by atoms with E-state index in [0.29, 0.717) is 12.1 Å². The number of aromatic nitrogens is 3. The summed E-state index contributed by atoms with van der Waals surface area (Å²) in [5.74, 6) is 0.967. The largest absolute Gasteiger partial charge is 0.495 e. The molecule has 0 amide bonds. The van der Waals surface area contributed by atoms with E-state index in [0.717, 1.165) is 49.6 Å². The minimum atomic E-state index is 0.441. The van der Waals surface area contributed by atoms with Crippen LogP contribution in [0.15, 0.2) is 60.8 Å². The lowest BCUT2D eigenvalue weighted by Crippen LogP contribution is -2.51. The third-order valence-corrected chi connectivity index (χ3v) is 6.83. The number of ether oxygens (including phenoxy) is 1. The molecule has 0 spiro atoms. The number of rotatable bonds is 5. The molecule has 2 aliphatic rings. The number of nitrogens with zero attached hydrogens (tertiary/aromatic N) is 5. The zero-order chi connectivity index (χ0) is 21.0. The first kappa shape index (κ1) is 20.1. The molecule has 1 aliphatic heterocycles. The summed E-state index contributed by atoms with van der Waals surface area (Å²) in [5.41, 5.74) is 3.31. The van der Waals surface area contributed by atoms with E-state index in [1.807, 2.05) is 12.1 Å². The van der Waals surface area contributed by atoms with Gasteiger partial charge in [-0.2, -0.15) is 0 Å². The highest BCUT2D eigenvalue weighted by molar-refractivity contribution is 5.59. The van der Waals surface area contributed by atoms with Crippen LogP contribution in [0.25, 0.3) is 11.3 Å². The van der Waals surface area contributed by atoms with E-state index >= 15 is 0 Å². The van der Waals surface area contributed by atoms with Gasteiger partial charge in [0.25, 0.3) is 0 Å². The number of methoxy groups -OCH3 is 1. The van der Waals surface area contributed by atoms with Crippen molar-refractivity contribution < 1.29 is 4.74 Å². The SMILES string of the molecule is COc1ccccc1N1CCN([C@H]2CCC[C@@H](n3cc(-c4ccccc4)nn3)C2)CC1. The maximum absolute atomic E-state index is 5.57. The Balaban J connectivity index is 1.21. The summed E-state index contributed by atoms with van der Waals surface area (Å²) in [5, 5.41) is 8.93. The van der Waals surface area contributed by atoms with Gasteiger partial charge in [-0.05, 0) is 37.8 Å². The van der Waals surface area contributed by atoms with Crippen LogP contribution in [0.2, 0.25) is 0 Å². The fourth-order valence-corrected chi connectivity index (χ4v) is 5.13. The molecule has 1 saturated carbocycles. The number of anilines is 1. The Labute approximate surface area is 184 Å².